The number of hydrogen-bond donors (Lipinski definition) is 1. The molecule has 1 aliphatic rings. The molecular weight excluding hydrogens is 186 g/mol. The number of nitrogens with two attached hydrogens (primary N) is 1. The van der Waals surface area contributed by atoms with Crippen LogP contribution in [0.1, 0.15) is 36.8 Å². The third-order valence-electron chi connectivity index (χ3n) is 3.10. The number of para-hydroxylation sites is 1. The minimum atomic E-state index is 0.413. The maximum Gasteiger partial charge on any atom is 0.127 e. The normalized spacial score (nSPS) is 16.9. The molecule has 2 rings (SSSR count). The molecule has 0 amide bonds. The van der Waals surface area contributed by atoms with Crippen molar-refractivity contribution in [3.8, 4) is 5.75 Å². The van der Waals surface area contributed by atoms with Gasteiger partial charge < -0.3 is 10.5 Å². The first-order valence-electron chi connectivity index (χ1n) is 5.76. The number of rotatable bonds is 3. The summed E-state index contributed by atoms with van der Waals surface area (Å²) in [6.45, 7) is 2.65. The van der Waals surface area contributed by atoms with Crippen LogP contribution in [0.4, 0.5) is 0 Å². The molecule has 0 spiro atoms. The lowest BCUT2D eigenvalue weighted by Gasteiger charge is -2.18. The Kier molecular flexibility index (Phi) is 3.27. The van der Waals surface area contributed by atoms with E-state index in [1.807, 2.05) is 6.07 Å². The van der Waals surface area contributed by atoms with E-state index in [4.69, 9.17) is 10.5 Å². The third kappa shape index (κ3) is 2.32. The average Bonchev–Trinajstić information content (AvgIpc) is 2.74. The smallest absolute Gasteiger partial charge is 0.127 e. The second kappa shape index (κ2) is 4.67. The summed E-state index contributed by atoms with van der Waals surface area (Å²) in [6.07, 6.45) is 5.40. The van der Waals surface area contributed by atoms with E-state index in [0.29, 0.717) is 12.6 Å². The topological polar surface area (TPSA) is 35.2 Å². The highest BCUT2D eigenvalue weighted by atomic mass is 16.5. The van der Waals surface area contributed by atoms with Crippen molar-refractivity contribution < 1.29 is 4.74 Å². The van der Waals surface area contributed by atoms with Crippen molar-refractivity contribution in [2.75, 3.05) is 0 Å². The van der Waals surface area contributed by atoms with Gasteiger partial charge in [-0.3, -0.25) is 0 Å². The van der Waals surface area contributed by atoms with Crippen molar-refractivity contribution in [3.63, 3.8) is 0 Å². The molecule has 0 radical (unpaired) electrons. The molecule has 0 aliphatic heterocycles. The molecule has 1 aliphatic carbocycles. The maximum atomic E-state index is 6.05. The van der Waals surface area contributed by atoms with Crippen molar-refractivity contribution >= 4 is 0 Å². The molecule has 1 fully saturated rings. The first kappa shape index (κ1) is 10.5. The molecule has 2 N–H and O–H groups in total. The molecule has 0 heterocycles. The molecule has 0 atom stereocenters. The lowest BCUT2D eigenvalue weighted by molar-refractivity contribution is 0.206. The van der Waals surface area contributed by atoms with Crippen molar-refractivity contribution in [1.29, 1.82) is 0 Å². The van der Waals surface area contributed by atoms with Gasteiger partial charge in [-0.2, -0.15) is 0 Å². The van der Waals surface area contributed by atoms with Gasteiger partial charge in [0.05, 0.1) is 6.10 Å². The Hall–Kier alpha value is -1.02. The van der Waals surface area contributed by atoms with Gasteiger partial charge in [0.1, 0.15) is 5.75 Å². The summed E-state index contributed by atoms with van der Waals surface area (Å²) in [5.74, 6) is 1.02. The molecule has 0 bridgehead atoms. The SMILES string of the molecule is Cc1cccc(CN)c1OC1CCCC1. The molecule has 82 valence electrons. The number of benzene rings is 1. The summed E-state index contributed by atoms with van der Waals surface area (Å²) in [5.41, 5.74) is 8.04. The van der Waals surface area contributed by atoms with E-state index in [-0.39, 0.29) is 0 Å². The van der Waals surface area contributed by atoms with Gasteiger partial charge >= 0.3 is 0 Å². The number of aryl methyl sites for hydroxylation is 1. The molecule has 0 unspecified atom stereocenters. The van der Waals surface area contributed by atoms with E-state index in [1.165, 1.54) is 31.2 Å². The lowest BCUT2D eigenvalue weighted by atomic mass is 10.1. The van der Waals surface area contributed by atoms with E-state index < -0.39 is 0 Å². The van der Waals surface area contributed by atoms with Crippen LogP contribution in [0, 0.1) is 6.92 Å². The molecule has 0 aromatic heterocycles. The minimum Gasteiger partial charge on any atom is -0.490 e. The van der Waals surface area contributed by atoms with Crippen LogP contribution in [0.3, 0.4) is 0 Å². The fourth-order valence-electron chi connectivity index (χ4n) is 2.22. The highest BCUT2D eigenvalue weighted by molar-refractivity contribution is 5.40. The van der Waals surface area contributed by atoms with Crippen LogP contribution in [0.25, 0.3) is 0 Å². The van der Waals surface area contributed by atoms with E-state index in [2.05, 4.69) is 19.1 Å². The maximum absolute atomic E-state index is 6.05. The quantitative estimate of drug-likeness (QED) is 0.823. The average molecular weight is 205 g/mol. The Bertz CT molecular complexity index is 329. The van der Waals surface area contributed by atoms with Crippen LogP contribution >= 0.6 is 0 Å². The fourth-order valence-corrected chi connectivity index (χ4v) is 2.22. The predicted octanol–water partition coefficient (Wildman–Crippen LogP) is 2.78. The minimum absolute atomic E-state index is 0.413. The first-order chi connectivity index (χ1) is 7.31. The zero-order chi connectivity index (χ0) is 10.7. The second-order valence-corrected chi connectivity index (χ2v) is 4.29. The van der Waals surface area contributed by atoms with Crippen LogP contribution in [-0.4, -0.2) is 6.10 Å². The van der Waals surface area contributed by atoms with Crippen molar-refractivity contribution in [2.45, 2.75) is 45.3 Å². The Balaban J connectivity index is 2.17. The molecular formula is C13H19NO. The highest BCUT2D eigenvalue weighted by Gasteiger charge is 2.18. The van der Waals surface area contributed by atoms with E-state index in [1.54, 1.807) is 0 Å². The van der Waals surface area contributed by atoms with Crippen LogP contribution in [0.5, 0.6) is 5.75 Å². The van der Waals surface area contributed by atoms with Gasteiger partial charge in [0, 0.05) is 12.1 Å². The monoisotopic (exact) mass is 205 g/mol. The number of hydrogen-bond acceptors (Lipinski definition) is 2. The van der Waals surface area contributed by atoms with Gasteiger partial charge in [-0.15, -0.1) is 0 Å². The molecule has 2 heteroatoms. The van der Waals surface area contributed by atoms with Gasteiger partial charge in [-0.05, 0) is 38.2 Å². The van der Waals surface area contributed by atoms with Crippen LogP contribution in [-0.2, 0) is 6.54 Å². The van der Waals surface area contributed by atoms with Crippen molar-refractivity contribution in [1.82, 2.24) is 0 Å². The van der Waals surface area contributed by atoms with Gasteiger partial charge in [-0.1, -0.05) is 18.2 Å². The molecule has 0 saturated heterocycles. The molecule has 1 saturated carbocycles. The zero-order valence-electron chi connectivity index (χ0n) is 9.33. The van der Waals surface area contributed by atoms with Crippen LogP contribution < -0.4 is 10.5 Å². The summed E-state index contributed by atoms with van der Waals surface area (Å²) in [6, 6.07) is 6.18. The summed E-state index contributed by atoms with van der Waals surface area (Å²) in [4.78, 5) is 0. The van der Waals surface area contributed by atoms with Gasteiger partial charge in [-0.25, -0.2) is 0 Å². The molecule has 15 heavy (non-hydrogen) atoms. The van der Waals surface area contributed by atoms with E-state index in [9.17, 15) is 0 Å². The Morgan fingerprint density at radius 3 is 2.73 bits per heavy atom. The summed E-state index contributed by atoms with van der Waals surface area (Å²) in [7, 11) is 0. The van der Waals surface area contributed by atoms with Gasteiger partial charge in [0.25, 0.3) is 0 Å². The van der Waals surface area contributed by atoms with Gasteiger partial charge in [0.2, 0.25) is 0 Å². The zero-order valence-corrected chi connectivity index (χ0v) is 9.33. The van der Waals surface area contributed by atoms with Crippen LogP contribution in [0.15, 0.2) is 18.2 Å². The molecule has 1 aromatic rings. The molecule has 2 nitrogen and oxygen atoms in total. The Morgan fingerprint density at radius 1 is 1.33 bits per heavy atom. The second-order valence-electron chi connectivity index (χ2n) is 4.29. The highest BCUT2D eigenvalue weighted by Crippen LogP contribution is 2.29. The first-order valence-corrected chi connectivity index (χ1v) is 5.76. The largest absolute Gasteiger partial charge is 0.490 e. The third-order valence-corrected chi connectivity index (χ3v) is 3.10. The summed E-state index contributed by atoms with van der Waals surface area (Å²) < 4.78 is 6.05. The molecule has 1 aromatic carbocycles. The summed E-state index contributed by atoms with van der Waals surface area (Å²) in [5, 5.41) is 0. The fraction of sp³-hybridized carbons (Fsp3) is 0.538. The lowest BCUT2D eigenvalue weighted by Crippen LogP contribution is -2.14. The number of ether oxygens (including phenoxy) is 1. The Labute approximate surface area is 91.4 Å². The standard InChI is InChI=1S/C13H19NO/c1-10-5-4-6-11(9-14)13(10)15-12-7-2-3-8-12/h4-6,12H,2-3,7-9,14H2,1H3. The van der Waals surface area contributed by atoms with Gasteiger partial charge in [0.15, 0.2) is 0 Å². The van der Waals surface area contributed by atoms with Crippen LogP contribution in [0.2, 0.25) is 0 Å². The summed E-state index contributed by atoms with van der Waals surface area (Å²) >= 11 is 0. The predicted molar refractivity (Wildman–Crippen MR) is 62.0 cm³/mol. The van der Waals surface area contributed by atoms with Crippen molar-refractivity contribution in [3.05, 3.63) is 29.3 Å². The van der Waals surface area contributed by atoms with Crippen molar-refractivity contribution in [2.24, 2.45) is 5.73 Å². The van der Waals surface area contributed by atoms with E-state index >= 15 is 0 Å². The van der Waals surface area contributed by atoms with E-state index in [0.717, 1.165) is 11.3 Å². The Morgan fingerprint density at radius 2 is 2.07 bits per heavy atom.